The van der Waals surface area contributed by atoms with Crippen LogP contribution in [0.4, 0.5) is 0 Å². The number of halogens is 1. The molecule has 88 valence electrons. The third-order valence-electron chi connectivity index (χ3n) is 2.23. The second-order valence-corrected chi connectivity index (χ2v) is 4.86. The highest BCUT2D eigenvalue weighted by molar-refractivity contribution is 7.09. The average Bonchev–Trinajstić information content (AvgIpc) is 2.82. The molecule has 0 aliphatic carbocycles. The van der Waals surface area contributed by atoms with Gasteiger partial charge in [0.05, 0.1) is 13.0 Å². The summed E-state index contributed by atoms with van der Waals surface area (Å²) in [6.45, 7) is 0.473. The molecule has 1 amide bonds. The number of thiazole rings is 1. The molecule has 0 atom stereocenters. The van der Waals surface area contributed by atoms with Crippen molar-refractivity contribution in [3.05, 3.63) is 51.4 Å². The standard InChI is InChI=1S/C12H11ClN2OS/c13-10-4-2-1-3-9(10)7-11(16)15-8-12-14-5-6-17-12/h1-6H,7-8H2,(H,15,16). The number of nitrogens with one attached hydrogen (secondary N) is 1. The summed E-state index contributed by atoms with van der Waals surface area (Å²) >= 11 is 7.50. The van der Waals surface area contributed by atoms with E-state index in [-0.39, 0.29) is 5.91 Å². The number of nitrogens with zero attached hydrogens (tertiary/aromatic N) is 1. The minimum atomic E-state index is -0.0479. The van der Waals surface area contributed by atoms with Crippen LogP contribution in [0.5, 0.6) is 0 Å². The second kappa shape index (κ2) is 5.80. The Morgan fingerprint density at radius 3 is 2.94 bits per heavy atom. The summed E-state index contributed by atoms with van der Waals surface area (Å²) in [5.41, 5.74) is 0.839. The van der Waals surface area contributed by atoms with Crippen LogP contribution in [0.15, 0.2) is 35.8 Å². The molecule has 0 unspecified atom stereocenters. The van der Waals surface area contributed by atoms with Crippen molar-refractivity contribution in [2.75, 3.05) is 0 Å². The first-order valence-electron chi connectivity index (χ1n) is 5.14. The lowest BCUT2D eigenvalue weighted by Crippen LogP contribution is -2.24. The van der Waals surface area contributed by atoms with Crippen LogP contribution in [-0.4, -0.2) is 10.9 Å². The zero-order valence-electron chi connectivity index (χ0n) is 9.02. The summed E-state index contributed by atoms with van der Waals surface area (Å²) in [5, 5.41) is 6.22. The monoisotopic (exact) mass is 266 g/mol. The summed E-state index contributed by atoms with van der Waals surface area (Å²) in [6, 6.07) is 7.35. The molecule has 2 aromatic rings. The number of carbonyl (C=O) groups excluding carboxylic acids is 1. The maximum Gasteiger partial charge on any atom is 0.224 e. The molecule has 5 heteroatoms. The van der Waals surface area contributed by atoms with E-state index in [9.17, 15) is 4.79 Å². The topological polar surface area (TPSA) is 42.0 Å². The first-order valence-corrected chi connectivity index (χ1v) is 6.40. The van der Waals surface area contributed by atoms with E-state index in [1.165, 1.54) is 11.3 Å². The number of amides is 1. The number of aromatic nitrogens is 1. The Balaban J connectivity index is 1.87. The SMILES string of the molecule is O=C(Cc1ccccc1Cl)NCc1nccs1. The maximum atomic E-state index is 11.7. The quantitative estimate of drug-likeness (QED) is 0.924. The molecule has 1 aromatic heterocycles. The number of carbonyl (C=O) groups is 1. The van der Waals surface area contributed by atoms with E-state index in [0.717, 1.165) is 10.6 Å². The van der Waals surface area contributed by atoms with Gasteiger partial charge in [-0.25, -0.2) is 4.98 Å². The van der Waals surface area contributed by atoms with Gasteiger partial charge in [0.25, 0.3) is 0 Å². The van der Waals surface area contributed by atoms with Crippen LogP contribution in [0.1, 0.15) is 10.6 Å². The molecule has 0 saturated heterocycles. The Hall–Kier alpha value is -1.39. The lowest BCUT2D eigenvalue weighted by molar-refractivity contribution is -0.120. The molecule has 17 heavy (non-hydrogen) atoms. The summed E-state index contributed by atoms with van der Waals surface area (Å²) in [5.74, 6) is -0.0479. The predicted octanol–water partition coefficient (Wildman–Crippen LogP) is 2.66. The van der Waals surface area contributed by atoms with Crippen molar-refractivity contribution in [3.8, 4) is 0 Å². The maximum absolute atomic E-state index is 11.7. The van der Waals surface area contributed by atoms with Gasteiger partial charge in [-0.1, -0.05) is 29.8 Å². The first-order chi connectivity index (χ1) is 8.25. The molecule has 0 saturated carbocycles. The molecule has 0 aliphatic rings. The fraction of sp³-hybridized carbons (Fsp3) is 0.167. The number of benzene rings is 1. The second-order valence-electron chi connectivity index (χ2n) is 3.47. The third kappa shape index (κ3) is 3.54. The van der Waals surface area contributed by atoms with Crippen molar-refractivity contribution in [2.45, 2.75) is 13.0 Å². The summed E-state index contributed by atoms with van der Waals surface area (Å²) in [7, 11) is 0. The van der Waals surface area contributed by atoms with E-state index in [1.807, 2.05) is 23.6 Å². The molecule has 3 nitrogen and oxygen atoms in total. The summed E-state index contributed by atoms with van der Waals surface area (Å²) in [4.78, 5) is 15.8. The van der Waals surface area contributed by atoms with Crippen molar-refractivity contribution in [3.63, 3.8) is 0 Å². The van der Waals surface area contributed by atoms with E-state index < -0.39 is 0 Å². The Kier molecular flexibility index (Phi) is 4.12. The van der Waals surface area contributed by atoms with Crippen LogP contribution in [0.2, 0.25) is 5.02 Å². The van der Waals surface area contributed by atoms with Crippen LogP contribution in [-0.2, 0) is 17.8 Å². The highest BCUT2D eigenvalue weighted by Crippen LogP contribution is 2.15. The van der Waals surface area contributed by atoms with Crippen LogP contribution in [0.3, 0.4) is 0 Å². The molecule has 1 heterocycles. The zero-order chi connectivity index (χ0) is 12.1. The van der Waals surface area contributed by atoms with Crippen LogP contribution < -0.4 is 5.32 Å². The average molecular weight is 267 g/mol. The minimum absolute atomic E-state index is 0.0479. The Morgan fingerprint density at radius 2 is 2.24 bits per heavy atom. The highest BCUT2D eigenvalue weighted by Gasteiger charge is 2.06. The third-order valence-corrected chi connectivity index (χ3v) is 3.38. The van der Waals surface area contributed by atoms with Gasteiger partial charge in [0, 0.05) is 16.6 Å². The number of rotatable bonds is 4. The van der Waals surface area contributed by atoms with Gasteiger partial charge in [0.2, 0.25) is 5.91 Å². The largest absolute Gasteiger partial charge is 0.349 e. The lowest BCUT2D eigenvalue weighted by atomic mass is 10.1. The Labute approximate surface area is 108 Å². The fourth-order valence-electron chi connectivity index (χ4n) is 1.39. The molecule has 2 rings (SSSR count). The van der Waals surface area contributed by atoms with Crippen molar-refractivity contribution >= 4 is 28.8 Å². The van der Waals surface area contributed by atoms with Gasteiger partial charge in [0.1, 0.15) is 5.01 Å². The van der Waals surface area contributed by atoms with Gasteiger partial charge in [0.15, 0.2) is 0 Å². The van der Waals surface area contributed by atoms with Crippen molar-refractivity contribution in [1.29, 1.82) is 0 Å². The van der Waals surface area contributed by atoms with Crippen LogP contribution in [0, 0.1) is 0 Å². The van der Waals surface area contributed by atoms with Gasteiger partial charge < -0.3 is 5.32 Å². The van der Waals surface area contributed by atoms with Crippen molar-refractivity contribution in [2.24, 2.45) is 0 Å². The van der Waals surface area contributed by atoms with Crippen LogP contribution >= 0.6 is 22.9 Å². The number of hydrogen-bond donors (Lipinski definition) is 1. The molecule has 0 spiro atoms. The van der Waals surface area contributed by atoms with Gasteiger partial charge in [-0.2, -0.15) is 0 Å². The van der Waals surface area contributed by atoms with Crippen LogP contribution in [0.25, 0.3) is 0 Å². The molecule has 0 radical (unpaired) electrons. The lowest BCUT2D eigenvalue weighted by Gasteiger charge is -2.04. The van der Waals surface area contributed by atoms with E-state index in [2.05, 4.69) is 10.3 Å². The van der Waals surface area contributed by atoms with Crippen molar-refractivity contribution in [1.82, 2.24) is 10.3 Å². The molecule has 1 aromatic carbocycles. The smallest absolute Gasteiger partial charge is 0.224 e. The zero-order valence-corrected chi connectivity index (χ0v) is 10.6. The molecule has 0 bridgehead atoms. The Bertz CT molecular complexity index is 499. The molecular weight excluding hydrogens is 256 g/mol. The van der Waals surface area contributed by atoms with Gasteiger partial charge in [-0.05, 0) is 11.6 Å². The fourth-order valence-corrected chi connectivity index (χ4v) is 2.15. The highest BCUT2D eigenvalue weighted by atomic mass is 35.5. The molecule has 1 N–H and O–H groups in total. The molecular formula is C12H11ClN2OS. The van der Waals surface area contributed by atoms with E-state index >= 15 is 0 Å². The summed E-state index contributed by atoms with van der Waals surface area (Å²) < 4.78 is 0. The van der Waals surface area contributed by atoms with Crippen molar-refractivity contribution < 1.29 is 4.79 Å². The van der Waals surface area contributed by atoms with Gasteiger partial charge in [-0.15, -0.1) is 11.3 Å². The van der Waals surface area contributed by atoms with E-state index in [1.54, 1.807) is 12.3 Å². The minimum Gasteiger partial charge on any atom is -0.349 e. The predicted molar refractivity (Wildman–Crippen MR) is 69.1 cm³/mol. The normalized spacial score (nSPS) is 10.2. The number of hydrogen-bond acceptors (Lipinski definition) is 3. The summed E-state index contributed by atoms with van der Waals surface area (Å²) in [6.07, 6.45) is 2.02. The Morgan fingerprint density at radius 1 is 1.41 bits per heavy atom. The molecule has 0 aliphatic heterocycles. The van der Waals surface area contributed by atoms with Gasteiger partial charge in [-0.3, -0.25) is 4.79 Å². The van der Waals surface area contributed by atoms with E-state index in [4.69, 9.17) is 11.6 Å². The molecule has 0 fully saturated rings. The first kappa shape index (κ1) is 12.1. The van der Waals surface area contributed by atoms with Gasteiger partial charge >= 0.3 is 0 Å². The van der Waals surface area contributed by atoms with E-state index in [0.29, 0.717) is 18.0 Å².